The van der Waals surface area contributed by atoms with Crippen molar-refractivity contribution in [2.75, 3.05) is 0 Å². The number of aromatic nitrogens is 1. The molecule has 0 aliphatic heterocycles. The minimum absolute atomic E-state index is 0.348. The van der Waals surface area contributed by atoms with E-state index in [0.29, 0.717) is 0 Å². The van der Waals surface area contributed by atoms with Crippen molar-refractivity contribution in [3.8, 4) is 0 Å². The number of carbonyl (C=O) groups excluding carboxylic acids is 1. The Labute approximate surface area is 85.5 Å². The Bertz CT molecular complexity index is 336. The molecule has 13 heavy (non-hydrogen) atoms. The highest BCUT2D eigenvalue weighted by atomic mass is 79.9. The second-order valence-corrected chi connectivity index (χ2v) is 4.20. The highest BCUT2D eigenvalue weighted by molar-refractivity contribution is 9.10. The number of primary amides is 1. The van der Waals surface area contributed by atoms with Crippen molar-refractivity contribution in [2.24, 2.45) is 5.73 Å². The first-order chi connectivity index (χ1) is 5.96. The molecule has 0 aliphatic carbocycles. The minimum atomic E-state index is -0.665. The van der Waals surface area contributed by atoms with Gasteiger partial charge in [0.25, 0.3) is 0 Å². The topological polar surface area (TPSA) is 56.0 Å². The van der Waals surface area contributed by atoms with Gasteiger partial charge < -0.3 is 5.73 Å². The van der Waals surface area contributed by atoms with Crippen LogP contribution in [-0.2, 0) is 10.2 Å². The molecule has 0 atom stereocenters. The summed E-state index contributed by atoms with van der Waals surface area (Å²) in [5, 5.41) is 0. The van der Waals surface area contributed by atoms with Crippen LogP contribution in [0, 0.1) is 0 Å². The molecule has 0 radical (unpaired) electrons. The minimum Gasteiger partial charge on any atom is -0.369 e. The van der Waals surface area contributed by atoms with E-state index in [1.807, 2.05) is 0 Å². The lowest BCUT2D eigenvalue weighted by Gasteiger charge is -2.21. The van der Waals surface area contributed by atoms with Crippen LogP contribution < -0.4 is 5.73 Å². The van der Waals surface area contributed by atoms with Gasteiger partial charge in [-0.2, -0.15) is 0 Å². The summed E-state index contributed by atoms with van der Waals surface area (Å²) in [5.41, 5.74) is 5.48. The van der Waals surface area contributed by atoms with Crippen LogP contribution in [0.4, 0.5) is 0 Å². The molecule has 1 aromatic rings. The summed E-state index contributed by atoms with van der Waals surface area (Å²) < 4.78 is 0.804. The van der Waals surface area contributed by atoms with E-state index in [1.165, 1.54) is 0 Å². The molecule has 0 bridgehead atoms. The van der Waals surface area contributed by atoms with Gasteiger partial charge in [-0.1, -0.05) is 0 Å². The molecule has 70 valence electrons. The first-order valence-electron chi connectivity index (χ1n) is 3.86. The lowest BCUT2D eigenvalue weighted by Crippen LogP contribution is -2.35. The molecule has 0 aromatic carbocycles. The molecule has 0 saturated heterocycles. The summed E-state index contributed by atoms with van der Waals surface area (Å²) in [6, 6.07) is 1.79. The third kappa shape index (κ3) is 1.88. The van der Waals surface area contributed by atoms with Gasteiger partial charge in [0.05, 0.1) is 5.41 Å². The quantitative estimate of drug-likeness (QED) is 0.857. The predicted octanol–water partition coefficient (Wildman–Crippen LogP) is 1.61. The predicted molar refractivity (Wildman–Crippen MR) is 54.2 cm³/mol. The zero-order valence-corrected chi connectivity index (χ0v) is 9.13. The lowest BCUT2D eigenvalue weighted by atomic mass is 9.85. The van der Waals surface area contributed by atoms with Gasteiger partial charge in [0.2, 0.25) is 5.91 Å². The van der Waals surface area contributed by atoms with Crippen LogP contribution >= 0.6 is 15.9 Å². The molecule has 2 N–H and O–H groups in total. The van der Waals surface area contributed by atoms with Gasteiger partial charge in [-0.25, -0.2) is 0 Å². The first-order valence-corrected chi connectivity index (χ1v) is 4.65. The number of amides is 1. The fourth-order valence-electron chi connectivity index (χ4n) is 1.01. The standard InChI is InChI=1S/C9H11BrN2O/c1-9(2,8(11)13)6-3-4-12-5-7(6)10/h3-5H,1-2H3,(H2,11,13). The van der Waals surface area contributed by atoms with Crippen molar-refractivity contribution in [1.82, 2.24) is 4.98 Å². The summed E-state index contributed by atoms with van der Waals surface area (Å²) in [6.07, 6.45) is 3.30. The fourth-order valence-corrected chi connectivity index (χ4v) is 1.76. The second-order valence-electron chi connectivity index (χ2n) is 3.34. The Hall–Kier alpha value is -0.900. The SMILES string of the molecule is CC(C)(C(N)=O)c1ccncc1Br. The van der Waals surface area contributed by atoms with Crippen LogP contribution in [-0.4, -0.2) is 10.9 Å². The van der Waals surface area contributed by atoms with Crippen molar-refractivity contribution in [3.05, 3.63) is 28.5 Å². The van der Waals surface area contributed by atoms with Crippen LogP contribution in [0.15, 0.2) is 22.9 Å². The van der Waals surface area contributed by atoms with Gasteiger partial charge in [-0.05, 0) is 41.4 Å². The molecule has 0 fully saturated rings. The molecule has 3 nitrogen and oxygen atoms in total. The van der Waals surface area contributed by atoms with Crippen LogP contribution in [0.5, 0.6) is 0 Å². The van der Waals surface area contributed by atoms with E-state index in [1.54, 1.807) is 32.3 Å². The molecule has 0 unspecified atom stereocenters. The molecule has 1 heterocycles. The number of carbonyl (C=O) groups is 1. The van der Waals surface area contributed by atoms with E-state index in [4.69, 9.17) is 5.73 Å². The smallest absolute Gasteiger partial charge is 0.227 e. The van der Waals surface area contributed by atoms with E-state index >= 15 is 0 Å². The van der Waals surface area contributed by atoms with Gasteiger partial charge in [0.15, 0.2) is 0 Å². The Morgan fingerprint density at radius 1 is 1.62 bits per heavy atom. The highest BCUT2D eigenvalue weighted by Crippen LogP contribution is 2.28. The van der Waals surface area contributed by atoms with Crippen LogP contribution in [0.25, 0.3) is 0 Å². The molecular weight excluding hydrogens is 232 g/mol. The molecule has 4 heteroatoms. The lowest BCUT2D eigenvalue weighted by molar-refractivity contribution is -0.122. The van der Waals surface area contributed by atoms with Gasteiger partial charge in [0, 0.05) is 16.9 Å². The van der Waals surface area contributed by atoms with Crippen molar-refractivity contribution in [2.45, 2.75) is 19.3 Å². The maximum Gasteiger partial charge on any atom is 0.227 e. The first kappa shape index (κ1) is 10.2. The molecule has 1 rings (SSSR count). The molecule has 1 amide bonds. The van der Waals surface area contributed by atoms with Gasteiger partial charge >= 0.3 is 0 Å². The van der Waals surface area contributed by atoms with Crippen molar-refractivity contribution >= 4 is 21.8 Å². The normalized spacial score (nSPS) is 11.3. The molecular formula is C9H11BrN2O. The molecule has 0 aliphatic rings. The van der Waals surface area contributed by atoms with Gasteiger partial charge in [-0.3, -0.25) is 9.78 Å². The zero-order valence-electron chi connectivity index (χ0n) is 7.54. The summed E-state index contributed by atoms with van der Waals surface area (Å²) in [7, 11) is 0. The monoisotopic (exact) mass is 242 g/mol. The summed E-state index contributed by atoms with van der Waals surface area (Å²) in [6.45, 7) is 3.57. The highest BCUT2D eigenvalue weighted by Gasteiger charge is 2.29. The van der Waals surface area contributed by atoms with E-state index in [9.17, 15) is 4.79 Å². The Kier molecular flexibility index (Phi) is 2.71. The number of nitrogens with zero attached hydrogens (tertiary/aromatic N) is 1. The van der Waals surface area contributed by atoms with Crippen LogP contribution in [0.1, 0.15) is 19.4 Å². The van der Waals surface area contributed by atoms with Crippen molar-refractivity contribution in [1.29, 1.82) is 0 Å². The van der Waals surface area contributed by atoms with Crippen LogP contribution in [0.2, 0.25) is 0 Å². The Morgan fingerprint density at radius 3 is 2.69 bits per heavy atom. The second kappa shape index (κ2) is 3.46. The number of halogens is 1. The summed E-state index contributed by atoms with van der Waals surface area (Å²) in [5.74, 6) is -0.348. The number of hydrogen-bond acceptors (Lipinski definition) is 2. The molecule has 1 aromatic heterocycles. The third-order valence-corrected chi connectivity index (χ3v) is 2.69. The molecule has 0 saturated carbocycles. The number of hydrogen-bond donors (Lipinski definition) is 1. The number of nitrogens with two attached hydrogens (primary N) is 1. The fraction of sp³-hybridized carbons (Fsp3) is 0.333. The zero-order chi connectivity index (χ0) is 10.1. The van der Waals surface area contributed by atoms with Gasteiger partial charge in [-0.15, -0.1) is 0 Å². The van der Waals surface area contributed by atoms with Crippen LogP contribution in [0.3, 0.4) is 0 Å². The maximum atomic E-state index is 11.2. The van der Waals surface area contributed by atoms with E-state index < -0.39 is 5.41 Å². The third-order valence-electron chi connectivity index (χ3n) is 2.06. The summed E-state index contributed by atoms with van der Waals surface area (Å²) >= 11 is 3.33. The summed E-state index contributed by atoms with van der Waals surface area (Å²) in [4.78, 5) is 15.1. The average molecular weight is 243 g/mol. The largest absolute Gasteiger partial charge is 0.369 e. The number of pyridine rings is 1. The van der Waals surface area contributed by atoms with E-state index in [0.717, 1.165) is 10.0 Å². The molecule has 0 spiro atoms. The van der Waals surface area contributed by atoms with E-state index in [2.05, 4.69) is 20.9 Å². The Balaban J connectivity index is 3.22. The Morgan fingerprint density at radius 2 is 2.23 bits per heavy atom. The number of rotatable bonds is 2. The van der Waals surface area contributed by atoms with E-state index in [-0.39, 0.29) is 5.91 Å². The van der Waals surface area contributed by atoms with Crippen molar-refractivity contribution < 1.29 is 4.79 Å². The van der Waals surface area contributed by atoms with Crippen molar-refractivity contribution in [3.63, 3.8) is 0 Å². The average Bonchev–Trinajstić information content (AvgIpc) is 2.04. The van der Waals surface area contributed by atoms with Gasteiger partial charge in [0.1, 0.15) is 0 Å². The maximum absolute atomic E-state index is 11.2.